The molecule has 0 saturated heterocycles. The molecule has 24 heavy (non-hydrogen) atoms. The number of carboxylic acid groups (broad SMARTS) is 1. The second kappa shape index (κ2) is 8.29. The van der Waals surface area contributed by atoms with Crippen LogP contribution in [0.4, 0.5) is 0 Å². The standard InChI is InChI=1S/C20H23NO3/c1-3-14(2)18(20(23)24)21-19(22)17(15-10-6-4-7-11-15)16-12-8-5-9-13-16/h4-14,17-18H,3H2,1-2H3,(H,21,22)(H,23,24)/t14-,18-/m1/s1. The fourth-order valence-corrected chi connectivity index (χ4v) is 2.71. The Labute approximate surface area is 142 Å². The third-order valence-electron chi connectivity index (χ3n) is 4.30. The van der Waals surface area contributed by atoms with Crippen LogP contribution in [0.3, 0.4) is 0 Å². The summed E-state index contributed by atoms with van der Waals surface area (Å²) in [6.45, 7) is 3.75. The van der Waals surface area contributed by atoms with E-state index in [1.165, 1.54) is 0 Å². The van der Waals surface area contributed by atoms with Gasteiger partial charge in [0.2, 0.25) is 5.91 Å². The second-order valence-corrected chi connectivity index (χ2v) is 5.96. The lowest BCUT2D eigenvalue weighted by atomic mass is 9.89. The van der Waals surface area contributed by atoms with Gasteiger partial charge in [0.05, 0.1) is 5.92 Å². The number of hydrogen-bond acceptors (Lipinski definition) is 2. The first kappa shape index (κ1) is 17.7. The monoisotopic (exact) mass is 325 g/mol. The van der Waals surface area contributed by atoms with Gasteiger partial charge in [-0.15, -0.1) is 0 Å². The Morgan fingerprint density at radius 3 is 1.79 bits per heavy atom. The van der Waals surface area contributed by atoms with E-state index >= 15 is 0 Å². The Morgan fingerprint density at radius 2 is 1.42 bits per heavy atom. The molecule has 4 heteroatoms. The topological polar surface area (TPSA) is 66.4 Å². The van der Waals surface area contributed by atoms with E-state index in [0.29, 0.717) is 6.42 Å². The van der Waals surface area contributed by atoms with Crippen molar-refractivity contribution in [1.82, 2.24) is 5.32 Å². The first-order chi connectivity index (χ1) is 11.5. The van der Waals surface area contributed by atoms with Gasteiger partial charge in [-0.1, -0.05) is 80.9 Å². The molecule has 0 radical (unpaired) electrons. The van der Waals surface area contributed by atoms with Crippen LogP contribution in [0.1, 0.15) is 37.3 Å². The summed E-state index contributed by atoms with van der Waals surface area (Å²) in [5, 5.41) is 12.2. The molecule has 0 aromatic heterocycles. The number of amides is 1. The fraction of sp³-hybridized carbons (Fsp3) is 0.300. The number of aliphatic carboxylic acids is 1. The summed E-state index contributed by atoms with van der Waals surface area (Å²) in [7, 11) is 0. The molecule has 2 aromatic carbocycles. The zero-order valence-corrected chi connectivity index (χ0v) is 14.0. The van der Waals surface area contributed by atoms with Gasteiger partial charge in [0.25, 0.3) is 0 Å². The molecule has 0 spiro atoms. The number of carbonyl (C=O) groups is 2. The van der Waals surface area contributed by atoms with Crippen molar-refractivity contribution in [2.45, 2.75) is 32.2 Å². The predicted octanol–water partition coefficient (Wildman–Crippen LogP) is 3.43. The second-order valence-electron chi connectivity index (χ2n) is 5.96. The molecule has 2 atom stereocenters. The quantitative estimate of drug-likeness (QED) is 0.819. The molecule has 0 aliphatic carbocycles. The Morgan fingerprint density at radius 1 is 0.958 bits per heavy atom. The summed E-state index contributed by atoms with van der Waals surface area (Å²) in [5.41, 5.74) is 1.68. The summed E-state index contributed by atoms with van der Waals surface area (Å²) < 4.78 is 0. The van der Waals surface area contributed by atoms with Gasteiger partial charge in [0, 0.05) is 0 Å². The lowest BCUT2D eigenvalue weighted by Crippen LogP contribution is -2.46. The highest BCUT2D eigenvalue weighted by atomic mass is 16.4. The highest BCUT2D eigenvalue weighted by molar-refractivity contribution is 5.90. The summed E-state index contributed by atoms with van der Waals surface area (Å²) in [6.07, 6.45) is 0.679. The van der Waals surface area contributed by atoms with Gasteiger partial charge in [-0.05, 0) is 17.0 Å². The van der Waals surface area contributed by atoms with Crippen molar-refractivity contribution in [3.63, 3.8) is 0 Å². The van der Waals surface area contributed by atoms with E-state index < -0.39 is 17.9 Å². The van der Waals surface area contributed by atoms with Crippen LogP contribution in [0.15, 0.2) is 60.7 Å². The molecular formula is C20H23NO3. The number of rotatable bonds is 7. The number of carbonyl (C=O) groups excluding carboxylic acids is 1. The molecule has 0 saturated carbocycles. The minimum atomic E-state index is -1.00. The minimum Gasteiger partial charge on any atom is -0.480 e. The van der Waals surface area contributed by atoms with Gasteiger partial charge in [0.1, 0.15) is 6.04 Å². The van der Waals surface area contributed by atoms with E-state index in [1.54, 1.807) is 0 Å². The maximum atomic E-state index is 12.9. The predicted molar refractivity (Wildman–Crippen MR) is 93.7 cm³/mol. The number of carboxylic acids is 1. The Hall–Kier alpha value is -2.62. The molecular weight excluding hydrogens is 302 g/mol. The Kier molecular flexibility index (Phi) is 6.13. The van der Waals surface area contributed by atoms with Crippen LogP contribution in [-0.2, 0) is 9.59 Å². The van der Waals surface area contributed by atoms with Crippen LogP contribution in [0.25, 0.3) is 0 Å². The van der Waals surface area contributed by atoms with Crippen LogP contribution < -0.4 is 5.32 Å². The van der Waals surface area contributed by atoms with Crippen molar-refractivity contribution in [2.24, 2.45) is 5.92 Å². The van der Waals surface area contributed by atoms with E-state index in [1.807, 2.05) is 74.5 Å². The van der Waals surface area contributed by atoms with Crippen LogP contribution in [0, 0.1) is 5.92 Å². The minimum absolute atomic E-state index is 0.140. The smallest absolute Gasteiger partial charge is 0.326 e. The molecule has 4 nitrogen and oxygen atoms in total. The fourth-order valence-electron chi connectivity index (χ4n) is 2.71. The zero-order chi connectivity index (χ0) is 17.5. The SMILES string of the molecule is CC[C@@H](C)[C@@H](NC(=O)C(c1ccccc1)c1ccccc1)C(=O)O. The number of hydrogen-bond donors (Lipinski definition) is 2. The van der Waals surface area contributed by atoms with E-state index in [4.69, 9.17) is 0 Å². The van der Waals surface area contributed by atoms with Crippen molar-refractivity contribution < 1.29 is 14.7 Å². The normalized spacial score (nSPS) is 13.3. The number of benzene rings is 2. The maximum absolute atomic E-state index is 12.9. The van der Waals surface area contributed by atoms with Crippen molar-refractivity contribution in [3.05, 3.63) is 71.8 Å². The molecule has 2 rings (SSSR count). The first-order valence-corrected chi connectivity index (χ1v) is 8.17. The van der Waals surface area contributed by atoms with Gasteiger partial charge in [0.15, 0.2) is 0 Å². The van der Waals surface area contributed by atoms with Gasteiger partial charge in [-0.2, -0.15) is 0 Å². The zero-order valence-electron chi connectivity index (χ0n) is 14.0. The highest BCUT2D eigenvalue weighted by Gasteiger charge is 2.30. The Bertz CT molecular complexity index is 630. The van der Waals surface area contributed by atoms with Crippen molar-refractivity contribution in [3.8, 4) is 0 Å². The lowest BCUT2D eigenvalue weighted by molar-refractivity contribution is -0.143. The molecule has 2 N–H and O–H groups in total. The summed E-state index contributed by atoms with van der Waals surface area (Å²) in [6, 6.07) is 17.9. The van der Waals surface area contributed by atoms with Crippen molar-refractivity contribution >= 4 is 11.9 Å². The average molecular weight is 325 g/mol. The van der Waals surface area contributed by atoms with Crippen LogP contribution in [0.2, 0.25) is 0 Å². The molecule has 0 aliphatic heterocycles. The molecule has 0 unspecified atom stereocenters. The maximum Gasteiger partial charge on any atom is 0.326 e. The lowest BCUT2D eigenvalue weighted by Gasteiger charge is -2.24. The van der Waals surface area contributed by atoms with Gasteiger partial charge >= 0.3 is 5.97 Å². The molecule has 1 amide bonds. The van der Waals surface area contributed by atoms with E-state index in [2.05, 4.69) is 5.32 Å². The third-order valence-corrected chi connectivity index (χ3v) is 4.30. The van der Waals surface area contributed by atoms with Gasteiger partial charge < -0.3 is 10.4 Å². The molecule has 0 fully saturated rings. The van der Waals surface area contributed by atoms with E-state index in [0.717, 1.165) is 11.1 Å². The van der Waals surface area contributed by atoms with Gasteiger partial charge in [-0.25, -0.2) is 4.79 Å². The highest BCUT2D eigenvalue weighted by Crippen LogP contribution is 2.25. The van der Waals surface area contributed by atoms with Gasteiger partial charge in [-0.3, -0.25) is 4.79 Å². The van der Waals surface area contributed by atoms with Crippen LogP contribution in [0.5, 0.6) is 0 Å². The molecule has 0 bridgehead atoms. The van der Waals surface area contributed by atoms with E-state index in [-0.39, 0.29) is 11.8 Å². The summed E-state index contributed by atoms with van der Waals surface area (Å²) >= 11 is 0. The first-order valence-electron chi connectivity index (χ1n) is 8.17. The summed E-state index contributed by atoms with van der Waals surface area (Å²) in [4.78, 5) is 24.4. The van der Waals surface area contributed by atoms with Crippen molar-refractivity contribution in [1.29, 1.82) is 0 Å². The average Bonchev–Trinajstić information content (AvgIpc) is 2.61. The Balaban J connectivity index is 2.34. The number of nitrogens with one attached hydrogen (secondary N) is 1. The van der Waals surface area contributed by atoms with Crippen LogP contribution in [-0.4, -0.2) is 23.0 Å². The summed E-state index contributed by atoms with van der Waals surface area (Å²) in [5.74, 6) is -1.96. The molecule has 0 heterocycles. The molecule has 0 aliphatic rings. The van der Waals surface area contributed by atoms with E-state index in [9.17, 15) is 14.7 Å². The molecule has 2 aromatic rings. The molecule has 126 valence electrons. The largest absolute Gasteiger partial charge is 0.480 e. The van der Waals surface area contributed by atoms with Crippen LogP contribution >= 0.6 is 0 Å². The van der Waals surface area contributed by atoms with Crippen molar-refractivity contribution in [2.75, 3.05) is 0 Å². The third kappa shape index (κ3) is 4.22.